The van der Waals surface area contributed by atoms with E-state index < -0.39 is 0 Å². The Labute approximate surface area is 168 Å². The first-order valence-electron chi connectivity index (χ1n) is 9.24. The summed E-state index contributed by atoms with van der Waals surface area (Å²) < 4.78 is 0. The predicted octanol–water partition coefficient (Wildman–Crippen LogP) is 2.56. The Hall–Kier alpha value is -0.860. The number of hydrogen-bond donors (Lipinski definition) is 2. The number of nitrogens with zero attached hydrogens (tertiary/aromatic N) is 3. The van der Waals surface area contributed by atoms with Gasteiger partial charge in [-0.05, 0) is 43.2 Å². The van der Waals surface area contributed by atoms with Gasteiger partial charge < -0.3 is 15.7 Å². The number of aliphatic hydroxyl groups is 1. The molecule has 0 bridgehead atoms. The molecule has 0 aliphatic carbocycles. The number of hydrogen-bond acceptors (Lipinski definition) is 3. The highest BCUT2D eigenvalue weighted by Gasteiger charge is 2.16. The van der Waals surface area contributed by atoms with E-state index in [0.717, 1.165) is 45.6 Å². The van der Waals surface area contributed by atoms with E-state index in [1.807, 2.05) is 0 Å². The van der Waals surface area contributed by atoms with Crippen LogP contribution in [-0.2, 0) is 13.1 Å². The smallest absolute Gasteiger partial charge is 0.191 e. The van der Waals surface area contributed by atoms with Crippen molar-refractivity contribution in [3.05, 3.63) is 35.4 Å². The largest absolute Gasteiger partial charge is 0.393 e. The molecule has 2 heterocycles. The molecule has 0 spiro atoms. The number of rotatable bonds is 4. The number of nitrogens with two attached hydrogens (primary N) is 1. The average Bonchev–Trinajstić information content (AvgIpc) is 2.63. The van der Waals surface area contributed by atoms with Crippen molar-refractivity contribution in [3.63, 3.8) is 0 Å². The zero-order valence-corrected chi connectivity index (χ0v) is 17.3. The number of likely N-dealkylation sites (tertiary alicyclic amines) is 2. The summed E-state index contributed by atoms with van der Waals surface area (Å²) in [5, 5.41) is 9.57. The van der Waals surface area contributed by atoms with Gasteiger partial charge in [0.25, 0.3) is 0 Å². The Balaban J connectivity index is 0.00000225. The molecule has 3 N–H and O–H groups in total. The first-order valence-corrected chi connectivity index (χ1v) is 9.24. The van der Waals surface area contributed by atoms with E-state index in [2.05, 4.69) is 39.1 Å². The molecule has 0 amide bonds. The van der Waals surface area contributed by atoms with Gasteiger partial charge in [-0.25, -0.2) is 4.99 Å². The van der Waals surface area contributed by atoms with Crippen LogP contribution in [0, 0.1) is 0 Å². The molecule has 0 atom stereocenters. The summed E-state index contributed by atoms with van der Waals surface area (Å²) in [5.74, 6) is 0.686. The quantitative estimate of drug-likeness (QED) is 0.414. The molecule has 5 nitrogen and oxygen atoms in total. The summed E-state index contributed by atoms with van der Waals surface area (Å²) in [6.45, 7) is 5.67. The maximum absolute atomic E-state index is 9.57. The fourth-order valence-electron chi connectivity index (χ4n) is 3.48. The fourth-order valence-corrected chi connectivity index (χ4v) is 3.48. The highest BCUT2D eigenvalue weighted by Crippen LogP contribution is 2.15. The molecule has 25 heavy (non-hydrogen) atoms. The summed E-state index contributed by atoms with van der Waals surface area (Å²) in [6.07, 6.45) is 5.43. The van der Waals surface area contributed by atoms with Crippen molar-refractivity contribution >= 4 is 29.9 Å². The molecule has 1 aromatic carbocycles. The van der Waals surface area contributed by atoms with Gasteiger partial charge in [-0.2, -0.15) is 0 Å². The molecule has 0 radical (unpaired) electrons. The fraction of sp³-hybridized carbons (Fsp3) is 0.632. The lowest BCUT2D eigenvalue weighted by atomic mass is 10.1. The summed E-state index contributed by atoms with van der Waals surface area (Å²) in [5.41, 5.74) is 8.63. The van der Waals surface area contributed by atoms with Crippen LogP contribution < -0.4 is 5.73 Å². The molecule has 1 aromatic rings. The summed E-state index contributed by atoms with van der Waals surface area (Å²) in [6, 6.07) is 8.68. The van der Waals surface area contributed by atoms with Gasteiger partial charge >= 0.3 is 0 Å². The van der Waals surface area contributed by atoms with Crippen molar-refractivity contribution in [2.24, 2.45) is 10.7 Å². The van der Waals surface area contributed by atoms with Crippen LogP contribution in [0.15, 0.2) is 29.3 Å². The highest BCUT2D eigenvalue weighted by atomic mass is 127. The van der Waals surface area contributed by atoms with E-state index in [1.165, 1.54) is 30.4 Å². The minimum absolute atomic E-state index is 0. The Morgan fingerprint density at radius 2 is 1.60 bits per heavy atom. The number of guanidine groups is 1. The minimum atomic E-state index is -0.105. The number of halogens is 1. The highest BCUT2D eigenvalue weighted by molar-refractivity contribution is 14.0. The van der Waals surface area contributed by atoms with Gasteiger partial charge in [0.1, 0.15) is 0 Å². The lowest BCUT2D eigenvalue weighted by Gasteiger charge is -2.29. The molecule has 3 rings (SSSR count). The molecule has 2 fully saturated rings. The minimum Gasteiger partial charge on any atom is -0.393 e. The van der Waals surface area contributed by atoms with Crippen molar-refractivity contribution in [1.29, 1.82) is 0 Å². The third kappa shape index (κ3) is 6.42. The lowest BCUT2D eigenvalue weighted by molar-refractivity contribution is 0.0792. The summed E-state index contributed by atoms with van der Waals surface area (Å²) in [7, 11) is 0. The molecule has 140 valence electrons. The summed E-state index contributed by atoms with van der Waals surface area (Å²) in [4.78, 5) is 9.16. The lowest BCUT2D eigenvalue weighted by Crippen LogP contribution is -2.40. The number of aliphatic imine (C=N–C) groups is 1. The second-order valence-electron chi connectivity index (χ2n) is 7.05. The van der Waals surface area contributed by atoms with Crippen LogP contribution in [0.2, 0.25) is 0 Å². The second-order valence-corrected chi connectivity index (χ2v) is 7.05. The van der Waals surface area contributed by atoms with Crippen LogP contribution in [0.25, 0.3) is 0 Å². The monoisotopic (exact) mass is 458 g/mol. The van der Waals surface area contributed by atoms with E-state index in [0.29, 0.717) is 12.5 Å². The SMILES string of the molecule is I.NC(=NCc1ccc(CN2CCC(O)CC2)cc1)N1CCCCC1. The van der Waals surface area contributed by atoms with E-state index >= 15 is 0 Å². The Morgan fingerprint density at radius 1 is 1.00 bits per heavy atom. The van der Waals surface area contributed by atoms with Crippen molar-refractivity contribution < 1.29 is 5.11 Å². The average molecular weight is 458 g/mol. The second kappa shape index (κ2) is 10.3. The van der Waals surface area contributed by atoms with Crippen molar-refractivity contribution in [3.8, 4) is 0 Å². The Bertz CT molecular complexity index is 535. The number of aliphatic hydroxyl groups excluding tert-OH is 1. The molecule has 0 saturated carbocycles. The molecular weight excluding hydrogens is 427 g/mol. The Morgan fingerprint density at radius 3 is 2.24 bits per heavy atom. The first-order chi connectivity index (χ1) is 11.7. The van der Waals surface area contributed by atoms with Gasteiger partial charge in [0.2, 0.25) is 0 Å². The van der Waals surface area contributed by atoms with E-state index in [9.17, 15) is 5.11 Å². The maximum atomic E-state index is 9.57. The maximum Gasteiger partial charge on any atom is 0.191 e. The predicted molar refractivity (Wildman–Crippen MR) is 113 cm³/mol. The van der Waals surface area contributed by atoms with E-state index in [4.69, 9.17) is 5.73 Å². The summed E-state index contributed by atoms with van der Waals surface area (Å²) >= 11 is 0. The standard InChI is InChI=1S/C19H30N4O.HI/c20-19(23-10-2-1-3-11-23)21-14-16-4-6-17(7-5-16)15-22-12-8-18(24)9-13-22;/h4-7,18,24H,1-3,8-15H2,(H2,20,21);1H. The zero-order valence-electron chi connectivity index (χ0n) is 14.9. The third-order valence-electron chi connectivity index (χ3n) is 5.09. The molecule has 2 saturated heterocycles. The Kier molecular flexibility index (Phi) is 8.45. The van der Waals surface area contributed by atoms with E-state index in [-0.39, 0.29) is 30.1 Å². The zero-order chi connectivity index (χ0) is 16.8. The van der Waals surface area contributed by atoms with Gasteiger partial charge in [0.15, 0.2) is 5.96 Å². The van der Waals surface area contributed by atoms with Gasteiger partial charge in [-0.3, -0.25) is 4.90 Å². The molecule has 0 unspecified atom stereocenters. The number of piperidine rings is 2. The normalized spacial score (nSPS) is 20.4. The third-order valence-corrected chi connectivity index (χ3v) is 5.09. The van der Waals surface area contributed by atoms with Crippen LogP contribution in [0.1, 0.15) is 43.2 Å². The van der Waals surface area contributed by atoms with Gasteiger partial charge in [0, 0.05) is 32.7 Å². The molecular formula is C19H31IN4O. The molecule has 2 aliphatic heterocycles. The van der Waals surface area contributed by atoms with Crippen molar-refractivity contribution in [2.45, 2.75) is 51.3 Å². The topological polar surface area (TPSA) is 65.1 Å². The first kappa shape index (κ1) is 20.5. The van der Waals surface area contributed by atoms with Crippen LogP contribution in [-0.4, -0.2) is 53.1 Å². The van der Waals surface area contributed by atoms with Crippen LogP contribution in [0.5, 0.6) is 0 Å². The van der Waals surface area contributed by atoms with E-state index in [1.54, 1.807) is 0 Å². The number of benzene rings is 1. The van der Waals surface area contributed by atoms with Gasteiger partial charge in [0.05, 0.1) is 12.6 Å². The van der Waals surface area contributed by atoms with Crippen LogP contribution in [0.3, 0.4) is 0 Å². The molecule has 0 aromatic heterocycles. The molecule has 2 aliphatic rings. The van der Waals surface area contributed by atoms with Crippen molar-refractivity contribution in [1.82, 2.24) is 9.80 Å². The van der Waals surface area contributed by atoms with Crippen LogP contribution >= 0.6 is 24.0 Å². The van der Waals surface area contributed by atoms with Gasteiger partial charge in [-0.15, -0.1) is 24.0 Å². The van der Waals surface area contributed by atoms with Crippen molar-refractivity contribution in [2.75, 3.05) is 26.2 Å². The van der Waals surface area contributed by atoms with Gasteiger partial charge in [-0.1, -0.05) is 24.3 Å². The van der Waals surface area contributed by atoms with Crippen LogP contribution in [0.4, 0.5) is 0 Å². The molecule has 6 heteroatoms.